The molecular weight excluding hydrogens is 424 g/mol. The number of ether oxygens (including phenoxy) is 1. The van der Waals surface area contributed by atoms with Crippen molar-refractivity contribution in [3.8, 4) is 0 Å². The Morgan fingerprint density at radius 1 is 1.12 bits per heavy atom. The molecule has 0 spiro atoms. The first kappa shape index (κ1) is 24.3. The molecule has 3 saturated carbocycles. The summed E-state index contributed by atoms with van der Waals surface area (Å²) in [5.74, 6) is 0.809. The van der Waals surface area contributed by atoms with Crippen molar-refractivity contribution in [3.63, 3.8) is 0 Å². The van der Waals surface area contributed by atoms with Gasteiger partial charge in [0.2, 0.25) is 0 Å². The highest BCUT2D eigenvalue weighted by Crippen LogP contribution is 2.73. The molecule has 0 amide bonds. The Bertz CT molecular complexity index is 970. The zero-order chi connectivity index (χ0) is 24.8. The van der Waals surface area contributed by atoms with Gasteiger partial charge in [0.05, 0.1) is 12.0 Å². The summed E-state index contributed by atoms with van der Waals surface area (Å²) in [6.07, 6.45) is 9.94. The molecule has 9 atom stereocenters. The first-order chi connectivity index (χ1) is 15.8. The van der Waals surface area contributed by atoms with E-state index in [0.29, 0.717) is 30.5 Å². The van der Waals surface area contributed by atoms with Crippen LogP contribution in [0.5, 0.6) is 0 Å². The molecule has 34 heavy (non-hydrogen) atoms. The van der Waals surface area contributed by atoms with Crippen molar-refractivity contribution in [3.05, 3.63) is 23.3 Å². The summed E-state index contributed by atoms with van der Waals surface area (Å²) in [6, 6.07) is 0. The molecule has 1 heterocycles. The average molecular weight is 469 g/mol. The molecule has 188 valence electrons. The number of ketones is 1. The molecule has 4 nitrogen and oxygen atoms in total. The van der Waals surface area contributed by atoms with Crippen LogP contribution in [-0.2, 0) is 14.3 Å². The van der Waals surface area contributed by atoms with Gasteiger partial charge in [-0.05, 0) is 80.1 Å². The van der Waals surface area contributed by atoms with E-state index < -0.39 is 6.10 Å². The molecule has 0 bridgehead atoms. The quantitative estimate of drug-likeness (QED) is 0.397. The number of allylic oxidation sites excluding steroid dienone is 3. The van der Waals surface area contributed by atoms with Crippen LogP contribution in [0.4, 0.5) is 0 Å². The predicted octanol–water partition coefficient (Wildman–Crippen LogP) is 6.03. The van der Waals surface area contributed by atoms with Crippen LogP contribution >= 0.6 is 0 Å². The third kappa shape index (κ3) is 3.06. The molecule has 5 rings (SSSR count). The number of carbonyl (C=O) groups is 2. The van der Waals surface area contributed by atoms with Crippen LogP contribution in [0.2, 0.25) is 0 Å². The van der Waals surface area contributed by atoms with E-state index in [1.807, 2.05) is 13.8 Å². The van der Waals surface area contributed by atoms with Gasteiger partial charge in [-0.1, -0.05) is 51.8 Å². The number of esters is 1. The van der Waals surface area contributed by atoms with E-state index in [1.165, 1.54) is 5.57 Å². The van der Waals surface area contributed by atoms with Gasteiger partial charge in [0.1, 0.15) is 11.9 Å². The molecule has 1 aliphatic heterocycles. The second kappa shape index (κ2) is 7.54. The van der Waals surface area contributed by atoms with Gasteiger partial charge in [-0.3, -0.25) is 9.59 Å². The normalized spacial score (nSPS) is 49.5. The number of aliphatic hydroxyl groups is 1. The molecule has 5 aliphatic rings. The smallest absolute Gasteiger partial charge is 0.310 e. The summed E-state index contributed by atoms with van der Waals surface area (Å²) in [5.41, 5.74) is 2.25. The lowest BCUT2D eigenvalue weighted by molar-refractivity contribution is -0.149. The summed E-state index contributed by atoms with van der Waals surface area (Å²) in [4.78, 5) is 25.9. The van der Waals surface area contributed by atoms with Crippen LogP contribution in [0, 0.1) is 45.3 Å². The molecule has 0 radical (unpaired) electrons. The molecule has 4 fully saturated rings. The van der Waals surface area contributed by atoms with Crippen molar-refractivity contribution in [2.45, 2.75) is 106 Å². The third-order valence-electron chi connectivity index (χ3n) is 11.6. The Labute approximate surface area is 205 Å². The number of carbonyl (C=O) groups excluding carboxylic acids is 2. The van der Waals surface area contributed by atoms with Crippen LogP contribution in [0.15, 0.2) is 23.3 Å². The molecule has 1 saturated heterocycles. The van der Waals surface area contributed by atoms with Gasteiger partial charge >= 0.3 is 5.97 Å². The van der Waals surface area contributed by atoms with Gasteiger partial charge in [-0.25, -0.2) is 0 Å². The lowest BCUT2D eigenvalue weighted by Gasteiger charge is -2.63. The lowest BCUT2D eigenvalue weighted by atomic mass is 9.41. The summed E-state index contributed by atoms with van der Waals surface area (Å²) >= 11 is 0. The van der Waals surface area contributed by atoms with Crippen molar-refractivity contribution in [1.82, 2.24) is 0 Å². The number of hydrogen-bond donors (Lipinski definition) is 1. The number of Topliss-reactive ketones (excluding diaryl/α,β-unsaturated/α-hetero) is 1. The van der Waals surface area contributed by atoms with Crippen molar-refractivity contribution < 1.29 is 19.4 Å². The van der Waals surface area contributed by atoms with Gasteiger partial charge < -0.3 is 9.84 Å². The van der Waals surface area contributed by atoms with Crippen molar-refractivity contribution in [1.29, 1.82) is 0 Å². The summed E-state index contributed by atoms with van der Waals surface area (Å²) in [5, 5.41) is 11.5. The van der Waals surface area contributed by atoms with Gasteiger partial charge in [0, 0.05) is 24.2 Å². The number of rotatable bonds is 2. The van der Waals surface area contributed by atoms with Crippen molar-refractivity contribution in [2.24, 2.45) is 45.3 Å². The number of fused-ring (bicyclic) bond motifs is 5. The Hall–Kier alpha value is -1.42. The fourth-order valence-electron chi connectivity index (χ4n) is 9.73. The lowest BCUT2D eigenvalue weighted by Crippen LogP contribution is -2.57. The standard InChI is InChI=1S/C30H44O4/c1-17(2)14-18-15-19(26(33)34-18)25-22(31)16-30(7)21-8-9-23-27(3,4)24(32)11-12-28(23,5)20(21)10-13-29(25,30)6/h8,14,18-20,22-23,25,31H,9-13,15-16H2,1-7H3/t18?,19?,20-,22-,23-,25+,28+,29-,30+/m0/s1. The maximum atomic E-state index is 13.0. The summed E-state index contributed by atoms with van der Waals surface area (Å²) in [6.45, 7) is 15.5. The molecule has 4 heteroatoms. The minimum atomic E-state index is -0.493. The minimum absolute atomic E-state index is 0.0719. The third-order valence-corrected chi connectivity index (χ3v) is 11.6. The summed E-state index contributed by atoms with van der Waals surface area (Å²) < 4.78 is 5.76. The van der Waals surface area contributed by atoms with E-state index in [0.717, 1.165) is 37.7 Å². The van der Waals surface area contributed by atoms with E-state index >= 15 is 0 Å². The van der Waals surface area contributed by atoms with E-state index in [-0.39, 0.29) is 45.6 Å². The molecule has 0 aromatic rings. The molecular formula is C30H44O4. The van der Waals surface area contributed by atoms with Gasteiger partial charge in [-0.15, -0.1) is 0 Å². The minimum Gasteiger partial charge on any atom is -0.458 e. The largest absolute Gasteiger partial charge is 0.458 e. The van der Waals surface area contributed by atoms with Gasteiger partial charge in [0.15, 0.2) is 0 Å². The molecule has 0 aromatic heterocycles. The SMILES string of the molecule is CC(C)=CC1CC([C@@H]2[C@@H](O)C[C@]3(C)C4=CC[C@H]5C(C)(C)C(=O)CC[C@]5(C)[C@H]4CC[C@@]23C)C(=O)O1. The van der Waals surface area contributed by atoms with Crippen LogP contribution in [0.25, 0.3) is 0 Å². The number of hydrogen-bond acceptors (Lipinski definition) is 4. The van der Waals surface area contributed by atoms with Crippen LogP contribution in [0.3, 0.4) is 0 Å². The maximum Gasteiger partial charge on any atom is 0.310 e. The zero-order valence-electron chi connectivity index (χ0n) is 22.2. The summed E-state index contributed by atoms with van der Waals surface area (Å²) in [7, 11) is 0. The molecule has 0 aromatic carbocycles. The van der Waals surface area contributed by atoms with Crippen LogP contribution < -0.4 is 0 Å². The van der Waals surface area contributed by atoms with Gasteiger partial charge in [-0.2, -0.15) is 0 Å². The first-order valence-electron chi connectivity index (χ1n) is 13.5. The Kier molecular flexibility index (Phi) is 5.39. The van der Waals surface area contributed by atoms with E-state index in [1.54, 1.807) is 0 Å². The van der Waals surface area contributed by atoms with Crippen LogP contribution in [0.1, 0.15) is 93.4 Å². The molecule has 2 unspecified atom stereocenters. The predicted molar refractivity (Wildman–Crippen MR) is 133 cm³/mol. The monoisotopic (exact) mass is 468 g/mol. The Morgan fingerprint density at radius 2 is 1.82 bits per heavy atom. The van der Waals surface area contributed by atoms with E-state index in [2.05, 4.69) is 46.8 Å². The van der Waals surface area contributed by atoms with Gasteiger partial charge in [0.25, 0.3) is 0 Å². The zero-order valence-corrected chi connectivity index (χ0v) is 22.2. The second-order valence-electron chi connectivity index (χ2n) is 13.8. The highest BCUT2D eigenvalue weighted by Gasteiger charge is 2.69. The highest BCUT2D eigenvalue weighted by molar-refractivity contribution is 5.85. The van der Waals surface area contributed by atoms with E-state index in [4.69, 9.17) is 4.74 Å². The topological polar surface area (TPSA) is 63.6 Å². The second-order valence-corrected chi connectivity index (χ2v) is 13.8. The molecule has 1 N–H and O–H groups in total. The number of cyclic esters (lactones) is 1. The maximum absolute atomic E-state index is 13.0. The first-order valence-corrected chi connectivity index (χ1v) is 13.5. The fraction of sp³-hybridized carbons (Fsp3) is 0.800. The Balaban J connectivity index is 1.51. The number of aliphatic hydroxyl groups excluding tert-OH is 1. The van der Waals surface area contributed by atoms with Crippen molar-refractivity contribution in [2.75, 3.05) is 0 Å². The van der Waals surface area contributed by atoms with Crippen LogP contribution in [-0.4, -0.2) is 29.1 Å². The Morgan fingerprint density at radius 3 is 2.50 bits per heavy atom. The molecule has 4 aliphatic carbocycles. The van der Waals surface area contributed by atoms with E-state index in [9.17, 15) is 14.7 Å². The highest BCUT2D eigenvalue weighted by atomic mass is 16.5. The van der Waals surface area contributed by atoms with Crippen molar-refractivity contribution >= 4 is 11.8 Å². The average Bonchev–Trinajstić information content (AvgIpc) is 3.17. The fourth-order valence-corrected chi connectivity index (χ4v) is 9.73.